The molecule has 2 rings (SSSR count). The van der Waals surface area contributed by atoms with E-state index in [-0.39, 0.29) is 0 Å². The maximum Gasteiger partial charge on any atom is 0.154 e. The minimum atomic E-state index is 0.922. The van der Waals surface area contributed by atoms with E-state index in [4.69, 9.17) is 0 Å². The standard InChI is InChI=1S/C9H11BrN4/c1-11-3-2-7-5-14-6-12-4-8(10)9(14)13-7/h4-6,11H,2-3H2,1H3. The average molecular weight is 255 g/mol. The van der Waals surface area contributed by atoms with Crippen molar-refractivity contribution in [1.82, 2.24) is 19.7 Å². The zero-order valence-corrected chi connectivity index (χ0v) is 9.45. The maximum absolute atomic E-state index is 4.49. The van der Waals surface area contributed by atoms with Crippen LogP contribution in [0, 0.1) is 0 Å². The van der Waals surface area contributed by atoms with Crippen LogP contribution in [0.1, 0.15) is 5.69 Å². The van der Waals surface area contributed by atoms with Crippen molar-refractivity contribution in [2.75, 3.05) is 13.6 Å². The number of aromatic nitrogens is 3. The first-order chi connectivity index (χ1) is 6.81. The van der Waals surface area contributed by atoms with Crippen molar-refractivity contribution < 1.29 is 0 Å². The summed E-state index contributed by atoms with van der Waals surface area (Å²) in [4.78, 5) is 8.55. The second-order valence-electron chi connectivity index (χ2n) is 3.06. The molecule has 0 aliphatic carbocycles. The third-order valence-electron chi connectivity index (χ3n) is 2.01. The SMILES string of the molecule is CNCCc1cn2cncc(Br)c2n1. The van der Waals surface area contributed by atoms with Crippen LogP contribution in [0.4, 0.5) is 0 Å². The molecule has 0 bridgehead atoms. The monoisotopic (exact) mass is 254 g/mol. The number of hydrogen-bond acceptors (Lipinski definition) is 3. The highest BCUT2D eigenvalue weighted by atomic mass is 79.9. The van der Waals surface area contributed by atoms with Crippen LogP contribution in [0.15, 0.2) is 23.2 Å². The Balaban J connectivity index is 2.36. The van der Waals surface area contributed by atoms with E-state index in [1.165, 1.54) is 0 Å². The van der Waals surface area contributed by atoms with Crippen LogP contribution in [0.2, 0.25) is 0 Å². The molecule has 2 heterocycles. The van der Waals surface area contributed by atoms with Gasteiger partial charge in [-0.05, 0) is 23.0 Å². The molecular weight excluding hydrogens is 244 g/mol. The summed E-state index contributed by atoms with van der Waals surface area (Å²) in [7, 11) is 1.94. The molecule has 1 N–H and O–H groups in total. The Morgan fingerprint density at radius 1 is 1.57 bits per heavy atom. The number of rotatable bonds is 3. The lowest BCUT2D eigenvalue weighted by Gasteiger charge is -1.92. The van der Waals surface area contributed by atoms with Gasteiger partial charge >= 0.3 is 0 Å². The second-order valence-corrected chi connectivity index (χ2v) is 3.91. The summed E-state index contributed by atoms with van der Waals surface area (Å²) in [5.41, 5.74) is 2.00. The van der Waals surface area contributed by atoms with Crippen molar-refractivity contribution in [2.24, 2.45) is 0 Å². The van der Waals surface area contributed by atoms with E-state index in [0.29, 0.717) is 0 Å². The number of fused-ring (bicyclic) bond motifs is 1. The van der Waals surface area contributed by atoms with Gasteiger partial charge in [-0.2, -0.15) is 0 Å². The Kier molecular flexibility index (Phi) is 2.79. The predicted molar refractivity (Wildman–Crippen MR) is 58.3 cm³/mol. The lowest BCUT2D eigenvalue weighted by molar-refractivity contribution is 0.780. The Hall–Kier alpha value is -0.940. The molecule has 0 saturated carbocycles. The first-order valence-corrected chi connectivity index (χ1v) is 5.22. The summed E-state index contributed by atoms with van der Waals surface area (Å²) in [6.07, 6.45) is 6.45. The molecule has 0 radical (unpaired) electrons. The van der Waals surface area contributed by atoms with Crippen molar-refractivity contribution in [3.63, 3.8) is 0 Å². The Morgan fingerprint density at radius 3 is 3.14 bits per heavy atom. The largest absolute Gasteiger partial charge is 0.319 e. The van der Waals surface area contributed by atoms with Crippen molar-refractivity contribution in [2.45, 2.75) is 6.42 Å². The van der Waals surface area contributed by atoms with Gasteiger partial charge in [0.1, 0.15) is 6.33 Å². The molecule has 0 fully saturated rings. The zero-order valence-electron chi connectivity index (χ0n) is 7.87. The Bertz CT molecular complexity index is 437. The number of hydrogen-bond donors (Lipinski definition) is 1. The van der Waals surface area contributed by atoms with Gasteiger partial charge in [0.15, 0.2) is 5.65 Å². The second kappa shape index (κ2) is 4.06. The fourth-order valence-corrected chi connectivity index (χ4v) is 1.72. The molecule has 5 heteroatoms. The molecule has 0 aromatic carbocycles. The summed E-state index contributed by atoms with van der Waals surface area (Å²) in [5, 5.41) is 3.10. The number of halogens is 1. The number of nitrogens with one attached hydrogen (secondary N) is 1. The minimum Gasteiger partial charge on any atom is -0.319 e. The highest BCUT2D eigenvalue weighted by molar-refractivity contribution is 9.10. The number of nitrogens with zero attached hydrogens (tertiary/aromatic N) is 3. The quantitative estimate of drug-likeness (QED) is 0.897. The molecule has 0 spiro atoms. The van der Waals surface area contributed by atoms with Crippen LogP contribution in [0.3, 0.4) is 0 Å². The van der Waals surface area contributed by atoms with E-state index < -0.39 is 0 Å². The molecule has 74 valence electrons. The van der Waals surface area contributed by atoms with E-state index >= 15 is 0 Å². The average Bonchev–Trinajstić information content (AvgIpc) is 2.59. The lowest BCUT2D eigenvalue weighted by Crippen LogP contribution is -2.10. The van der Waals surface area contributed by atoms with Gasteiger partial charge in [0.25, 0.3) is 0 Å². The topological polar surface area (TPSA) is 42.2 Å². The molecule has 0 amide bonds. The Labute approximate surface area is 90.5 Å². The fraction of sp³-hybridized carbons (Fsp3) is 0.333. The van der Waals surface area contributed by atoms with Gasteiger partial charge in [0, 0.05) is 25.4 Å². The highest BCUT2D eigenvalue weighted by Gasteiger charge is 2.03. The van der Waals surface area contributed by atoms with Gasteiger partial charge in [-0.25, -0.2) is 9.97 Å². The molecule has 0 aliphatic heterocycles. The van der Waals surface area contributed by atoms with Crippen LogP contribution < -0.4 is 5.32 Å². The molecule has 0 aliphatic rings. The van der Waals surface area contributed by atoms with Crippen molar-refractivity contribution in [1.29, 1.82) is 0 Å². The van der Waals surface area contributed by atoms with Gasteiger partial charge in [-0.3, -0.25) is 4.40 Å². The lowest BCUT2D eigenvalue weighted by atomic mass is 10.3. The first-order valence-electron chi connectivity index (χ1n) is 4.43. The summed E-state index contributed by atoms with van der Waals surface area (Å²) >= 11 is 3.42. The van der Waals surface area contributed by atoms with Crippen LogP contribution in [-0.4, -0.2) is 28.0 Å². The predicted octanol–water partition coefficient (Wildman–Crippen LogP) is 1.25. The molecule has 2 aromatic rings. The smallest absolute Gasteiger partial charge is 0.154 e. The molecule has 4 nitrogen and oxygen atoms in total. The zero-order chi connectivity index (χ0) is 9.97. The molecular formula is C9H11BrN4. The van der Waals surface area contributed by atoms with E-state index in [1.54, 1.807) is 12.5 Å². The fourth-order valence-electron chi connectivity index (χ4n) is 1.31. The van der Waals surface area contributed by atoms with Crippen LogP contribution in [-0.2, 0) is 6.42 Å². The first kappa shape index (κ1) is 9.61. The van der Waals surface area contributed by atoms with E-state index in [9.17, 15) is 0 Å². The van der Waals surface area contributed by atoms with E-state index in [0.717, 1.165) is 28.8 Å². The van der Waals surface area contributed by atoms with Crippen molar-refractivity contribution >= 4 is 21.6 Å². The van der Waals surface area contributed by atoms with Gasteiger partial charge in [-0.1, -0.05) is 0 Å². The molecule has 14 heavy (non-hydrogen) atoms. The van der Waals surface area contributed by atoms with Crippen molar-refractivity contribution in [3.8, 4) is 0 Å². The third kappa shape index (κ3) is 1.78. The molecule has 2 aromatic heterocycles. The van der Waals surface area contributed by atoms with E-state index in [2.05, 4.69) is 31.2 Å². The van der Waals surface area contributed by atoms with E-state index in [1.807, 2.05) is 17.6 Å². The van der Waals surface area contributed by atoms with Gasteiger partial charge in [0.05, 0.1) is 10.2 Å². The highest BCUT2D eigenvalue weighted by Crippen LogP contribution is 2.15. The van der Waals surface area contributed by atoms with Crippen LogP contribution in [0.5, 0.6) is 0 Å². The van der Waals surface area contributed by atoms with Crippen LogP contribution in [0.25, 0.3) is 5.65 Å². The third-order valence-corrected chi connectivity index (χ3v) is 2.57. The summed E-state index contributed by atoms with van der Waals surface area (Å²) in [6.45, 7) is 0.939. The molecule has 0 atom stereocenters. The van der Waals surface area contributed by atoms with Gasteiger partial charge in [0.2, 0.25) is 0 Å². The number of likely N-dealkylation sites (N-methyl/N-ethyl adjacent to an activating group) is 1. The van der Waals surface area contributed by atoms with Gasteiger partial charge < -0.3 is 5.32 Å². The Morgan fingerprint density at radius 2 is 2.43 bits per heavy atom. The summed E-state index contributed by atoms with van der Waals surface area (Å²) in [5.74, 6) is 0. The van der Waals surface area contributed by atoms with Gasteiger partial charge in [-0.15, -0.1) is 0 Å². The molecule has 0 saturated heterocycles. The minimum absolute atomic E-state index is 0.922. The molecule has 0 unspecified atom stereocenters. The normalized spacial score (nSPS) is 11.0. The van der Waals surface area contributed by atoms with Crippen LogP contribution >= 0.6 is 15.9 Å². The maximum atomic E-state index is 4.49. The van der Waals surface area contributed by atoms with Crippen molar-refractivity contribution in [3.05, 3.63) is 28.9 Å². The summed E-state index contributed by atoms with van der Waals surface area (Å²) < 4.78 is 2.85. The number of imidazole rings is 1. The summed E-state index contributed by atoms with van der Waals surface area (Å²) in [6, 6.07) is 0.